The Morgan fingerprint density at radius 2 is 1.75 bits per heavy atom. The second kappa shape index (κ2) is 10.3. The number of nitrogens with zero attached hydrogens (tertiary/aromatic N) is 4. The minimum absolute atomic E-state index is 0.133. The highest BCUT2D eigenvalue weighted by molar-refractivity contribution is 5.94. The molecule has 0 radical (unpaired) electrons. The van der Waals surface area contributed by atoms with Gasteiger partial charge in [0.05, 0.1) is 11.1 Å². The zero-order valence-electron chi connectivity index (χ0n) is 19.7. The van der Waals surface area contributed by atoms with E-state index in [2.05, 4.69) is 32.4 Å². The van der Waals surface area contributed by atoms with Gasteiger partial charge >= 0.3 is 0 Å². The van der Waals surface area contributed by atoms with Gasteiger partial charge in [-0.05, 0) is 53.1 Å². The lowest BCUT2D eigenvalue weighted by molar-refractivity contribution is 0.0783. The highest BCUT2D eigenvalue weighted by Crippen LogP contribution is 2.29. The van der Waals surface area contributed by atoms with Crippen LogP contribution in [0.2, 0.25) is 0 Å². The van der Waals surface area contributed by atoms with Gasteiger partial charge in [-0.3, -0.25) is 9.78 Å². The molecule has 0 fully saturated rings. The molecule has 7 heteroatoms. The van der Waals surface area contributed by atoms with Crippen LogP contribution in [0.5, 0.6) is 0 Å². The van der Waals surface area contributed by atoms with E-state index in [0.717, 1.165) is 33.4 Å². The molecule has 0 saturated carbocycles. The Hall–Kier alpha value is -4.65. The summed E-state index contributed by atoms with van der Waals surface area (Å²) >= 11 is 0. The first kappa shape index (κ1) is 23.1. The third-order valence-corrected chi connectivity index (χ3v) is 5.98. The lowest BCUT2D eigenvalue weighted by atomic mass is 10.0. The fourth-order valence-electron chi connectivity index (χ4n) is 4.07. The van der Waals surface area contributed by atoms with E-state index in [-0.39, 0.29) is 18.3 Å². The van der Waals surface area contributed by atoms with E-state index in [9.17, 15) is 9.18 Å². The van der Waals surface area contributed by atoms with Crippen molar-refractivity contribution in [2.75, 3.05) is 12.4 Å². The van der Waals surface area contributed by atoms with Gasteiger partial charge in [0.15, 0.2) is 0 Å². The summed E-state index contributed by atoms with van der Waals surface area (Å²) in [4.78, 5) is 27.0. The molecule has 5 rings (SSSR count). The number of carbonyl (C=O) groups excluding carboxylic acids is 1. The molecule has 0 aliphatic rings. The molecule has 3 aromatic carbocycles. The van der Waals surface area contributed by atoms with Gasteiger partial charge in [-0.1, -0.05) is 42.5 Å². The Kier molecular flexibility index (Phi) is 6.62. The normalized spacial score (nSPS) is 10.8. The summed E-state index contributed by atoms with van der Waals surface area (Å²) in [5, 5.41) is 4.27. The van der Waals surface area contributed by atoms with Crippen molar-refractivity contribution in [3.8, 4) is 11.1 Å². The molecule has 0 bridgehead atoms. The summed E-state index contributed by atoms with van der Waals surface area (Å²) in [6, 6.07) is 24.3. The Balaban J connectivity index is 1.41. The van der Waals surface area contributed by atoms with Crippen molar-refractivity contribution in [3.63, 3.8) is 0 Å². The number of amides is 1. The smallest absolute Gasteiger partial charge is 0.255 e. The number of rotatable bonds is 7. The van der Waals surface area contributed by atoms with E-state index in [1.807, 2.05) is 36.4 Å². The molecule has 0 aliphatic carbocycles. The van der Waals surface area contributed by atoms with Gasteiger partial charge in [-0.15, -0.1) is 0 Å². The first-order valence-corrected chi connectivity index (χ1v) is 11.6. The molecule has 6 nitrogen and oxygen atoms in total. The number of hydrogen-bond acceptors (Lipinski definition) is 5. The maximum absolute atomic E-state index is 14.7. The highest BCUT2D eigenvalue weighted by Gasteiger charge is 2.15. The minimum atomic E-state index is -0.362. The zero-order valence-corrected chi connectivity index (χ0v) is 19.7. The van der Waals surface area contributed by atoms with Crippen molar-refractivity contribution >= 4 is 22.6 Å². The third kappa shape index (κ3) is 5.05. The average Bonchev–Trinajstić information content (AvgIpc) is 2.93. The molecule has 178 valence electrons. The van der Waals surface area contributed by atoms with Crippen LogP contribution in [0, 0.1) is 5.82 Å². The first-order chi connectivity index (χ1) is 17.6. The van der Waals surface area contributed by atoms with Crippen LogP contribution < -0.4 is 5.32 Å². The fourth-order valence-corrected chi connectivity index (χ4v) is 4.07. The number of pyridine rings is 1. The first-order valence-electron chi connectivity index (χ1n) is 11.6. The number of aromatic nitrogens is 3. The van der Waals surface area contributed by atoms with E-state index in [1.54, 1.807) is 43.8 Å². The van der Waals surface area contributed by atoms with Crippen LogP contribution >= 0.6 is 0 Å². The van der Waals surface area contributed by atoms with Crippen LogP contribution in [0.15, 0.2) is 97.6 Å². The Bertz CT molecular complexity index is 1510. The number of hydrogen-bond donors (Lipinski definition) is 1. The fraction of sp³-hybridized carbons (Fsp3) is 0.103. The van der Waals surface area contributed by atoms with E-state index in [4.69, 9.17) is 0 Å². The Morgan fingerprint density at radius 1 is 0.944 bits per heavy atom. The Morgan fingerprint density at radius 3 is 2.56 bits per heavy atom. The van der Waals surface area contributed by atoms with Crippen LogP contribution in [-0.4, -0.2) is 32.8 Å². The lowest BCUT2D eigenvalue weighted by Crippen LogP contribution is -2.26. The van der Waals surface area contributed by atoms with Crippen LogP contribution in [0.3, 0.4) is 0 Å². The van der Waals surface area contributed by atoms with E-state index < -0.39 is 0 Å². The Labute approximate surface area is 208 Å². The zero-order chi connectivity index (χ0) is 24.9. The second-order valence-corrected chi connectivity index (χ2v) is 8.50. The molecule has 2 heterocycles. The highest BCUT2D eigenvalue weighted by atomic mass is 19.1. The van der Waals surface area contributed by atoms with Crippen molar-refractivity contribution in [2.45, 2.75) is 13.1 Å². The molecular weight excluding hydrogens is 453 g/mol. The summed E-state index contributed by atoms with van der Waals surface area (Å²) in [6.45, 7) is 0.767. The van der Waals surface area contributed by atoms with Gasteiger partial charge in [0.25, 0.3) is 5.91 Å². The third-order valence-electron chi connectivity index (χ3n) is 5.98. The molecule has 0 atom stereocenters. The predicted molar refractivity (Wildman–Crippen MR) is 139 cm³/mol. The maximum atomic E-state index is 14.7. The summed E-state index contributed by atoms with van der Waals surface area (Å²) in [7, 11) is 1.65. The number of halogens is 1. The predicted octanol–water partition coefficient (Wildman–Crippen LogP) is 5.72. The van der Waals surface area contributed by atoms with Crippen molar-refractivity contribution in [2.24, 2.45) is 0 Å². The summed E-state index contributed by atoms with van der Waals surface area (Å²) < 4.78 is 14.7. The summed E-state index contributed by atoms with van der Waals surface area (Å²) in [6.07, 6.45) is 4.66. The minimum Gasteiger partial charge on any atom is -0.365 e. The lowest BCUT2D eigenvalue weighted by Gasteiger charge is -2.18. The second-order valence-electron chi connectivity index (χ2n) is 8.50. The molecule has 1 amide bonds. The number of nitrogens with one attached hydrogen (secondary N) is 1. The number of fused-ring (bicyclic) bond motifs is 1. The van der Waals surface area contributed by atoms with E-state index in [1.165, 1.54) is 17.2 Å². The SMILES string of the molecule is CN(Cc1cc(-c2ccc3ncnc(NCc4ccccc4)c3c2)ccc1F)C(=O)c1cccnc1. The molecule has 0 saturated heterocycles. The molecule has 1 N–H and O–H groups in total. The van der Waals surface area contributed by atoms with Gasteiger partial charge in [0.1, 0.15) is 18.0 Å². The summed E-state index contributed by atoms with van der Waals surface area (Å²) in [5.74, 6) is 0.152. The number of benzene rings is 3. The van der Waals surface area contributed by atoms with Gasteiger partial charge in [-0.25, -0.2) is 14.4 Å². The quantitative estimate of drug-likeness (QED) is 0.325. The van der Waals surface area contributed by atoms with Gasteiger partial charge in [0, 0.05) is 43.5 Å². The topological polar surface area (TPSA) is 71.0 Å². The van der Waals surface area contributed by atoms with Gasteiger partial charge < -0.3 is 10.2 Å². The van der Waals surface area contributed by atoms with E-state index >= 15 is 0 Å². The largest absolute Gasteiger partial charge is 0.365 e. The standard InChI is InChI=1S/C29H24FN5O/c1-35(29(36)23-8-5-13-31-17-23)18-24-14-21(9-11-26(24)30)22-10-12-27-25(15-22)28(34-19-33-27)32-16-20-6-3-2-4-7-20/h2-15,17,19H,16,18H2,1H3,(H,32,33,34). The van der Waals surface area contributed by atoms with Crippen LogP contribution in [0.25, 0.3) is 22.0 Å². The molecule has 0 aliphatic heterocycles. The van der Waals surface area contributed by atoms with Crippen molar-refractivity contribution in [1.29, 1.82) is 0 Å². The average molecular weight is 478 g/mol. The van der Waals surface area contributed by atoms with Crippen LogP contribution in [0.1, 0.15) is 21.5 Å². The van der Waals surface area contributed by atoms with Gasteiger partial charge in [-0.2, -0.15) is 0 Å². The molecular formula is C29H24FN5O. The van der Waals surface area contributed by atoms with Crippen molar-refractivity contribution in [3.05, 3.63) is 120 Å². The molecule has 0 unspecified atom stereocenters. The molecule has 2 aromatic heterocycles. The van der Waals surface area contributed by atoms with Crippen molar-refractivity contribution < 1.29 is 9.18 Å². The van der Waals surface area contributed by atoms with Crippen molar-refractivity contribution in [1.82, 2.24) is 19.9 Å². The number of anilines is 1. The molecule has 36 heavy (non-hydrogen) atoms. The van der Waals surface area contributed by atoms with Crippen LogP contribution in [0.4, 0.5) is 10.2 Å². The maximum Gasteiger partial charge on any atom is 0.255 e. The van der Waals surface area contributed by atoms with E-state index in [0.29, 0.717) is 17.7 Å². The van der Waals surface area contributed by atoms with Gasteiger partial charge in [0.2, 0.25) is 0 Å². The van der Waals surface area contributed by atoms with Crippen LogP contribution in [-0.2, 0) is 13.1 Å². The monoisotopic (exact) mass is 477 g/mol. The molecule has 5 aromatic rings. The number of carbonyl (C=O) groups is 1. The summed E-state index contributed by atoms with van der Waals surface area (Å²) in [5.41, 5.74) is 4.60. The molecule has 0 spiro atoms.